The lowest BCUT2D eigenvalue weighted by Gasteiger charge is -2.06. The number of hydrogen-bond acceptors (Lipinski definition) is 4. The van der Waals surface area contributed by atoms with Crippen LogP contribution in [0.15, 0.2) is 30.6 Å². The van der Waals surface area contributed by atoms with E-state index in [1.807, 2.05) is 24.3 Å². The number of benzene rings is 1. The standard InChI is InChI=1S/C11H13N5O2/c1-18-9-4-2-3-8(5-9)6-12-11(17)15-10-13-7-14-16-10/h2-5,7H,6H2,1H3,(H3,12,13,14,15,16,17). The van der Waals surface area contributed by atoms with Gasteiger partial charge in [-0.15, -0.1) is 0 Å². The van der Waals surface area contributed by atoms with E-state index in [0.717, 1.165) is 11.3 Å². The highest BCUT2D eigenvalue weighted by Crippen LogP contribution is 2.12. The molecular formula is C11H13N5O2. The average molecular weight is 247 g/mol. The molecule has 7 heteroatoms. The van der Waals surface area contributed by atoms with Crippen molar-refractivity contribution >= 4 is 12.0 Å². The zero-order valence-electron chi connectivity index (χ0n) is 9.80. The molecule has 1 heterocycles. The average Bonchev–Trinajstić information content (AvgIpc) is 2.89. The third-order valence-corrected chi connectivity index (χ3v) is 2.23. The Labute approximate surface area is 104 Å². The number of nitrogens with one attached hydrogen (secondary N) is 3. The molecule has 18 heavy (non-hydrogen) atoms. The van der Waals surface area contributed by atoms with Crippen LogP contribution in [0.5, 0.6) is 5.75 Å². The monoisotopic (exact) mass is 247 g/mol. The number of nitrogens with zero attached hydrogens (tertiary/aromatic N) is 2. The molecule has 1 aromatic heterocycles. The number of anilines is 1. The molecule has 0 aliphatic rings. The van der Waals surface area contributed by atoms with E-state index in [1.54, 1.807) is 7.11 Å². The Kier molecular flexibility index (Phi) is 3.75. The summed E-state index contributed by atoms with van der Waals surface area (Å²) in [5.41, 5.74) is 0.946. The first-order chi connectivity index (χ1) is 8.78. The minimum absolute atomic E-state index is 0.304. The van der Waals surface area contributed by atoms with Gasteiger partial charge in [0.25, 0.3) is 0 Å². The summed E-state index contributed by atoms with van der Waals surface area (Å²) in [6.07, 6.45) is 1.32. The van der Waals surface area contributed by atoms with E-state index >= 15 is 0 Å². The lowest BCUT2D eigenvalue weighted by Crippen LogP contribution is -2.28. The fraction of sp³-hybridized carbons (Fsp3) is 0.182. The van der Waals surface area contributed by atoms with Gasteiger partial charge in [0.15, 0.2) is 0 Å². The Morgan fingerprint density at radius 1 is 1.50 bits per heavy atom. The van der Waals surface area contributed by atoms with Gasteiger partial charge < -0.3 is 10.1 Å². The Balaban J connectivity index is 1.85. The number of aromatic amines is 1. The van der Waals surface area contributed by atoms with Gasteiger partial charge in [-0.2, -0.15) is 10.1 Å². The first-order valence-corrected chi connectivity index (χ1v) is 5.31. The molecular weight excluding hydrogens is 234 g/mol. The number of ether oxygens (including phenoxy) is 1. The van der Waals surface area contributed by atoms with Gasteiger partial charge in [-0.3, -0.25) is 5.32 Å². The maximum Gasteiger partial charge on any atom is 0.321 e. The van der Waals surface area contributed by atoms with Gasteiger partial charge in [-0.05, 0) is 17.7 Å². The van der Waals surface area contributed by atoms with E-state index in [-0.39, 0.29) is 6.03 Å². The van der Waals surface area contributed by atoms with Gasteiger partial charge in [-0.25, -0.2) is 9.89 Å². The highest BCUT2D eigenvalue weighted by Gasteiger charge is 2.03. The Morgan fingerprint density at radius 3 is 3.11 bits per heavy atom. The first kappa shape index (κ1) is 11.9. The topological polar surface area (TPSA) is 91.9 Å². The summed E-state index contributed by atoms with van der Waals surface area (Å²) in [4.78, 5) is 15.3. The molecule has 7 nitrogen and oxygen atoms in total. The molecule has 0 unspecified atom stereocenters. The van der Waals surface area contributed by atoms with E-state index in [0.29, 0.717) is 12.5 Å². The molecule has 0 radical (unpaired) electrons. The largest absolute Gasteiger partial charge is 0.497 e. The summed E-state index contributed by atoms with van der Waals surface area (Å²) in [5, 5.41) is 11.4. The molecule has 94 valence electrons. The van der Waals surface area contributed by atoms with Crippen LogP contribution in [0.4, 0.5) is 10.7 Å². The molecule has 0 bridgehead atoms. The normalized spacial score (nSPS) is 9.83. The van der Waals surface area contributed by atoms with E-state index in [9.17, 15) is 4.79 Å². The van der Waals surface area contributed by atoms with Crippen molar-refractivity contribution in [3.8, 4) is 5.75 Å². The fourth-order valence-corrected chi connectivity index (χ4v) is 1.38. The van der Waals surface area contributed by atoms with Crippen molar-refractivity contribution in [2.75, 3.05) is 12.4 Å². The summed E-state index contributed by atoms with van der Waals surface area (Å²) in [7, 11) is 1.60. The van der Waals surface area contributed by atoms with E-state index in [1.165, 1.54) is 6.33 Å². The van der Waals surface area contributed by atoms with Crippen LogP contribution in [0.2, 0.25) is 0 Å². The molecule has 0 spiro atoms. The second-order valence-electron chi connectivity index (χ2n) is 3.49. The second-order valence-corrected chi connectivity index (χ2v) is 3.49. The van der Waals surface area contributed by atoms with E-state index < -0.39 is 0 Å². The Morgan fingerprint density at radius 2 is 2.39 bits per heavy atom. The second kappa shape index (κ2) is 5.67. The predicted molar refractivity (Wildman–Crippen MR) is 65.2 cm³/mol. The maximum absolute atomic E-state index is 11.5. The number of amides is 2. The van der Waals surface area contributed by atoms with Crippen molar-refractivity contribution in [2.24, 2.45) is 0 Å². The first-order valence-electron chi connectivity index (χ1n) is 5.31. The number of hydrogen-bond donors (Lipinski definition) is 3. The minimum atomic E-state index is -0.352. The van der Waals surface area contributed by atoms with Crippen LogP contribution >= 0.6 is 0 Å². The van der Waals surface area contributed by atoms with Crippen LogP contribution in [0, 0.1) is 0 Å². The van der Waals surface area contributed by atoms with Gasteiger partial charge in [0.05, 0.1) is 7.11 Å². The highest BCUT2D eigenvalue weighted by molar-refractivity contribution is 5.87. The molecule has 2 rings (SSSR count). The van der Waals surface area contributed by atoms with Crippen LogP contribution < -0.4 is 15.4 Å². The van der Waals surface area contributed by atoms with Crippen molar-refractivity contribution in [2.45, 2.75) is 6.54 Å². The fourth-order valence-electron chi connectivity index (χ4n) is 1.38. The third-order valence-electron chi connectivity index (χ3n) is 2.23. The Bertz CT molecular complexity index is 512. The molecule has 0 fully saturated rings. The number of rotatable bonds is 4. The van der Waals surface area contributed by atoms with Crippen LogP contribution in [0.1, 0.15) is 5.56 Å². The van der Waals surface area contributed by atoms with E-state index in [4.69, 9.17) is 4.74 Å². The molecule has 0 aliphatic heterocycles. The highest BCUT2D eigenvalue weighted by atomic mass is 16.5. The zero-order chi connectivity index (χ0) is 12.8. The lowest BCUT2D eigenvalue weighted by atomic mass is 10.2. The summed E-state index contributed by atoms with van der Waals surface area (Å²) < 4.78 is 5.10. The number of H-pyrrole nitrogens is 1. The Hall–Kier alpha value is -2.57. The van der Waals surface area contributed by atoms with Gasteiger partial charge in [0.1, 0.15) is 12.1 Å². The van der Waals surface area contributed by atoms with Crippen molar-refractivity contribution in [3.63, 3.8) is 0 Å². The van der Waals surface area contributed by atoms with Crippen molar-refractivity contribution < 1.29 is 9.53 Å². The number of aromatic nitrogens is 3. The summed E-state index contributed by atoms with van der Waals surface area (Å²) >= 11 is 0. The predicted octanol–water partition coefficient (Wildman–Crippen LogP) is 1.13. The van der Waals surface area contributed by atoms with Crippen LogP contribution in [-0.2, 0) is 6.54 Å². The molecule has 0 saturated heterocycles. The quantitative estimate of drug-likeness (QED) is 0.755. The molecule has 0 aliphatic carbocycles. The molecule has 0 atom stereocenters. The van der Waals surface area contributed by atoms with Crippen LogP contribution in [0.3, 0.4) is 0 Å². The van der Waals surface area contributed by atoms with Gasteiger partial charge in [-0.1, -0.05) is 12.1 Å². The smallest absolute Gasteiger partial charge is 0.321 e. The number of carbonyl (C=O) groups is 1. The van der Waals surface area contributed by atoms with Crippen LogP contribution in [0.25, 0.3) is 0 Å². The van der Waals surface area contributed by atoms with Gasteiger partial charge in [0, 0.05) is 6.54 Å². The summed E-state index contributed by atoms with van der Waals surface area (Å²) in [6.45, 7) is 0.400. The number of urea groups is 1. The van der Waals surface area contributed by atoms with Crippen molar-refractivity contribution in [1.82, 2.24) is 20.5 Å². The molecule has 3 N–H and O–H groups in total. The molecule has 2 aromatic rings. The summed E-state index contributed by atoms with van der Waals surface area (Å²) in [5.74, 6) is 1.06. The lowest BCUT2D eigenvalue weighted by molar-refractivity contribution is 0.251. The van der Waals surface area contributed by atoms with Crippen molar-refractivity contribution in [1.29, 1.82) is 0 Å². The molecule has 0 saturated carbocycles. The zero-order valence-corrected chi connectivity index (χ0v) is 9.80. The minimum Gasteiger partial charge on any atom is -0.497 e. The SMILES string of the molecule is COc1cccc(CNC(=O)Nc2ncn[nH]2)c1. The summed E-state index contributed by atoms with van der Waals surface area (Å²) in [6, 6.07) is 7.11. The van der Waals surface area contributed by atoms with Gasteiger partial charge in [0.2, 0.25) is 5.95 Å². The van der Waals surface area contributed by atoms with Crippen LogP contribution in [-0.4, -0.2) is 28.3 Å². The number of carbonyl (C=O) groups excluding carboxylic acids is 1. The molecule has 2 amide bonds. The van der Waals surface area contributed by atoms with E-state index in [2.05, 4.69) is 25.8 Å². The maximum atomic E-state index is 11.5. The number of methoxy groups -OCH3 is 1. The van der Waals surface area contributed by atoms with Crippen molar-refractivity contribution in [3.05, 3.63) is 36.2 Å². The third kappa shape index (κ3) is 3.21. The molecule has 1 aromatic carbocycles. The van der Waals surface area contributed by atoms with Gasteiger partial charge >= 0.3 is 6.03 Å².